The summed E-state index contributed by atoms with van der Waals surface area (Å²) in [6.45, 7) is -0.587. The van der Waals surface area contributed by atoms with Gasteiger partial charge in [-0.2, -0.15) is 0 Å². The highest BCUT2D eigenvalue weighted by atomic mass is 35.6. The zero-order valence-corrected chi connectivity index (χ0v) is 5.46. The summed E-state index contributed by atoms with van der Waals surface area (Å²) >= 11 is 14.9. The third-order valence-electron chi connectivity index (χ3n) is 0.228. The number of halogens is 3. The summed E-state index contributed by atoms with van der Waals surface area (Å²) < 4.78 is 2.30. The minimum Gasteiger partial charge on any atom is -0.370 e. The van der Waals surface area contributed by atoms with Gasteiger partial charge >= 0.3 is 0 Å². The quantitative estimate of drug-likeness (QED) is 0.468. The van der Waals surface area contributed by atoms with Crippen LogP contribution in [-0.4, -0.2) is 15.9 Å². The van der Waals surface area contributed by atoms with E-state index in [4.69, 9.17) is 39.9 Å². The van der Waals surface area contributed by atoms with Gasteiger partial charge in [0.25, 0.3) is 3.98 Å². The molecule has 0 rings (SSSR count). The Morgan fingerprint density at radius 1 is 1.43 bits per heavy atom. The molecule has 0 atom stereocenters. The second kappa shape index (κ2) is 2.95. The third-order valence-corrected chi connectivity index (χ3v) is 0.556. The molecule has 7 heavy (non-hydrogen) atoms. The molecule has 0 spiro atoms. The van der Waals surface area contributed by atoms with Gasteiger partial charge in [-0.25, -0.2) is 0 Å². The van der Waals surface area contributed by atoms with Gasteiger partial charge in [-0.15, -0.1) is 0 Å². The summed E-state index contributed by atoms with van der Waals surface area (Å²) in [6.07, 6.45) is 0. The van der Waals surface area contributed by atoms with E-state index in [0.29, 0.717) is 0 Å². The van der Waals surface area contributed by atoms with Crippen LogP contribution in [0.3, 0.4) is 0 Å². The van der Waals surface area contributed by atoms with Crippen LogP contribution in [0, 0.1) is 0 Å². The minimum absolute atomic E-state index is 0.587. The maximum absolute atomic E-state index is 7.93. The van der Waals surface area contributed by atoms with Gasteiger partial charge in [0.05, 0.1) is 0 Å². The molecule has 5 heteroatoms. The molecule has 0 aromatic heterocycles. The Morgan fingerprint density at radius 3 is 1.86 bits per heavy atom. The first-order chi connectivity index (χ1) is 3.06. The predicted octanol–water partition coefficient (Wildman–Crippen LogP) is 1.28. The van der Waals surface area contributed by atoms with E-state index in [9.17, 15) is 0 Å². The van der Waals surface area contributed by atoms with Gasteiger partial charge in [-0.1, -0.05) is 34.8 Å². The van der Waals surface area contributed by atoms with Gasteiger partial charge in [-0.3, -0.25) is 0 Å². The number of hydrogen-bond donors (Lipinski definition) is 1. The van der Waals surface area contributed by atoms with Crippen LogP contribution in [0.25, 0.3) is 0 Å². The average Bonchev–Trinajstić information content (AvgIpc) is 1.30. The smallest absolute Gasteiger partial charge is 0.299 e. The van der Waals surface area contributed by atoms with Crippen LogP contribution in [0.1, 0.15) is 0 Å². The number of ether oxygens (including phenoxy) is 1. The van der Waals surface area contributed by atoms with Crippen LogP contribution in [-0.2, 0) is 4.74 Å². The molecule has 0 amide bonds. The molecule has 0 aliphatic carbocycles. The molecular formula is C2H3Cl3O2. The molecule has 0 fully saturated rings. The van der Waals surface area contributed by atoms with Crippen molar-refractivity contribution >= 4 is 34.8 Å². The van der Waals surface area contributed by atoms with Crippen molar-refractivity contribution in [2.75, 3.05) is 6.79 Å². The highest BCUT2D eigenvalue weighted by molar-refractivity contribution is 6.66. The van der Waals surface area contributed by atoms with E-state index in [2.05, 4.69) is 4.74 Å². The first-order valence-corrected chi connectivity index (χ1v) is 2.51. The summed E-state index contributed by atoms with van der Waals surface area (Å²) in [7, 11) is 0. The van der Waals surface area contributed by atoms with Gasteiger partial charge in [0.1, 0.15) is 6.79 Å². The second-order valence-corrected chi connectivity index (χ2v) is 2.90. The van der Waals surface area contributed by atoms with Crippen molar-refractivity contribution in [3.05, 3.63) is 0 Å². The SMILES string of the molecule is OCOC(Cl)(Cl)Cl. The summed E-state index contributed by atoms with van der Waals surface area (Å²) in [5, 5.41) is 7.93. The first-order valence-electron chi connectivity index (χ1n) is 1.38. The van der Waals surface area contributed by atoms with Crippen LogP contribution in [0.5, 0.6) is 0 Å². The lowest BCUT2D eigenvalue weighted by Gasteiger charge is -2.06. The molecule has 0 aromatic rings. The lowest BCUT2D eigenvalue weighted by Crippen LogP contribution is -2.08. The van der Waals surface area contributed by atoms with E-state index in [-0.39, 0.29) is 0 Å². The minimum atomic E-state index is -1.78. The maximum atomic E-state index is 7.93. The molecule has 1 N–H and O–H groups in total. The molecule has 0 unspecified atom stereocenters. The van der Waals surface area contributed by atoms with E-state index < -0.39 is 10.8 Å². The Hall–Kier alpha value is 0.790. The monoisotopic (exact) mass is 164 g/mol. The van der Waals surface area contributed by atoms with Crippen molar-refractivity contribution in [2.24, 2.45) is 0 Å². The highest BCUT2D eigenvalue weighted by Gasteiger charge is 2.18. The summed E-state index contributed by atoms with van der Waals surface area (Å²) in [5.74, 6) is 0. The molecule has 0 radical (unpaired) electrons. The van der Waals surface area contributed by atoms with E-state index in [1.54, 1.807) is 0 Å². The van der Waals surface area contributed by atoms with Gasteiger partial charge < -0.3 is 9.84 Å². The fourth-order valence-electron chi connectivity index (χ4n) is 0.0732. The second-order valence-electron chi connectivity index (χ2n) is 0.719. The van der Waals surface area contributed by atoms with Crippen LogP contribution in [0.15, 0.2) is 0 Å². The third kappa shape index (κ3) is 6.79. The number of alkyl halides is 3. The largest absolute Gasteiger partial charge is 0.370 e. The fourth-order valence-corrected chi connectivity index (χ4v) is 0.220. The van der Waals surface area contributed by atoms with Gasteiger partial charge in [0.2, 0.25) is 0 Å². The topological polar surface area (TPSA) is 29.5 Å². The number of aliphatic hydroxyl groups is 1. The molecule has 0 aliphatic rings. The van der Waals surface area contributed by atoms with Crippen LogP contribution in [0.4, 0.5) is 0 Å². The zero-order chi connectivity index (χ0) is 5.91. The number of aliphatic hydroxyl groups excluding tert-OH is 1. The van der Waals surface area contributed by atoms with E-state index in [1.165, 1.54) is 0 Å². The van der Waals surface area contributed by atoms with E-state index in [1.807, 2.05) is 0 Å². The van der Waals surface area contributed by atoms with Crippen molar-refractivity contribution in [2.45, 2.75) is 3.98 Å². The molecule has 0 saturated carbocycles. The van der Waals surface area contributed by atoms with Crippen molar-refractivity contribution in [3.63, 3.8) is 0 Å². The molecule has 0 aromatic carbocycles. The number of rotatable bonds is 1. The average molecular weight is 165 g/mol. The predicted molar refractivity (Wildman–Crippen MR) is 28.5 cm³/mol. The van der Waals surface area contributed by atoms with Gasteiger partial charge in [0.15, 0.2) is 0 Å². The lowest BCUT2D eigenvalue weighted by molar-refractivity contribution is -0.00600. The molecular weight excluding hydrogens is 162 g/mol. The fraction of sp³-hybridized carbons (Fsp3) is 1.00. The molecule has 0 saturated heterocycles. The zero-order valence-electron chi connectivity index (χ0n) is 3.20. The summed E-state index contributed by atoms with van der Waals surface area (Å²) in [4.78, 5) is 0. The van der Waals surface area contributed by atoms with E-state index in [0.717, 1.165) is 0 Å². The number of hydrogen-bond acceptors (Lipinski definition) is 2. The van der Waals surface area contributed by atoms with Gasteiger partial charge in [0, 0.05) is 0 Å². The maximum Gasteiger partial charge on any atom is 0.299 e. The molecule has 0 bridgehead atoms. The molecule has 44 valence electrons. The normalized spacial score (nSPS) is 12.0. The Kier molecular flexibility index (Phi) is 3.28. The Bertz CT molecular complexity index is 49.4. The van der Waals surface area contributed by atoms with Gasteiger partial charge in [-0.05, 0) is 0 Å². The van der Waals surface area contributed by atoms with Crippen molar-refractivity contribution in [3.8, 4) is 0 Å². The van der Waals surface area contributed by atoms with Crippen molar-refractivity contribution in [1.82, 2.24) is 0 Å². The standard InChI is InChI=1S/C2H3Cl3O2/c3-2(4,5)7-1-6/h6H,1H2. The van der Waals surface area contributed by atoms with Crippen LogP contribution in [0.2, 0.25) is 0 Å². The Balaban J connectivity index is 3.15. The van der Waals surface area contributed by atoms with Crippen molar-refractivity contribution < 1.29 is 9.84 Å². The highest BCUT2D eigenvalue weighted by Crippen LogP contribution is 2.26. The van der Waals surface area contributed by atoms with Crippen LogP contribution < -0.4 is 0 Å². The summed E-state index contributed by atoms with van der Waals surface area (Å²) in [5.41, 5.74) is 0. The van der Waals surface area contributed by atoms with E-state index >= 15 is 0 Å². The molecule has 0 heterocycles. The van der Waals surface area contributed by atoms with Crippen molar-refractivity contribution in [1.29, 1.82) is 0 Å². The first kappa shape index (κ1) is 7.79. The molecule has 0 aliphatic heterocycles. The van der Waals surface area contributed by atoms with Crippen LogP contribution >= 0.6 is 34.8 Å². The lowest BCUT2D eigenvalue weighted by atomic mass is 11.4. The Labute approximate surface area is 55.9 Å². The molecule has 2 nitrogen and oxygen atoms in total. The Morgan fingerprint density at radius 2 is 1.86 bits per heavy atom. The summed E-state index contributed by atoms with van der Waals surface area (Å²) in [6, 6.07) is 0.